The van der Waals surface area contributed by atoms with Crippen LogP contribution in [0.3, 0.4) is 0 Å². The molecular formula is C16H24ClN. The maximum atomic E-state index is 6.25. The van der Waals surface area contributed by atoms with Crippen molar-refractivity contribution in [3.8, 4) is 0 Å². The second kappa shape index (κ2) is 6.08. The van der Waals surface area contributed by atoms with E-state index in [0.717, 1.165) is 16.9 Å². The maximum absolute atomic E-state index is 6.25. The molecular weight excluding hydrogens is 242 g/mol. The van der Waals surface area contributed by atoms with E-state index in [0.29, 0.717) is 12.1 Å². The molecule has 0 bridgehead atoms. The van der Waals surface area contributed by atoms with Crippen molar-refractivity contribution in [2.45, 2.75) is 52.1 Å². The molecule has 1 saturated carbocycles. The Kier molecular flexibility index (Phi) is 4.69. The van der Waals surface area contributed by atoms with Crippen molar-refractivity contribution in [2.24, 2.45) is 11.8 Å². The van der Waals surface area contributed by atoms with E-state index in [1.165, 1.54) is 24.8 Å². The highest BCUT2D eigenvalue weighted by Gasteiger charge is 2.25. The standard InChI is InChI=1S/C16H24ClN/c1-11-8-9-14(10-12(11)2)18-13(3)15-6-4-5-7-16(15)17/h4-7,11-14,18H,8-10H2,1-3H3. The lowest BCUT2D eigenvalue weighted by atomic mass is 9.79. The van der Waals surface area contributed by atoms with Gasteiger partial charge >= 0.3 is 0 Å². The quantitative estimate of drug-likeness (QED) is 0.827. The molecule has 1 N–H and O–H groups in total. The molecule has 4 atom stereocenters. The Labute approximate surface area is 116 Å². The molecule has 0 heterocycles. The van der Waals surface area contributed by atoms with E-state index >= 15 is 0 Å². The Bertz CT molecular complexity index is 390. The van der Waals surface area contributed by atoms with E-state index in [9.17, 15) is 0 Å². The minimum Gasteiger partial charge on any atom is -0.307 e. The van der Waals surface area contributed by atoms with Crippen molar-refractivity contribution in [1.29, 1.82) is 0 Å². The van der Waals surface area contributed by atoms with Crippen LogP contribution < -0.4 is 5.32 Å². The van der Waals surface area contributed by atoms with Crippen LogP contribution in [0.5, 0.6) is 0 Å². The molecule has 18 heavy (non-hydrogen) atoms. The minimum atomic E-state index is 0.337. The first-order valence-corrected chi connectivity index (χ1v) is 7.46. The average Bonchev–Trinajstić information content (AvgIpc) is 2.34. The summed E-state index contributed by atoms with van der Waals surface area (Å²) in [5, 5.41) is 4.61. The molecule has 4 unspecified atom stereocenters. The summed E-state index contributed by atoms with van der Waals surface area (Å²) in [6.45, 7) is 6.96. The van der Waals surface area contributed by atoms with Crippen LogP contribution in [0.2, 0.25) is 5.02 Å². The molecule has 0 aliphatic heterocycles. The molecule has 0 saturated heterocycles. The summed E-state index contributed by atoms with van der Waals surface area (Å²) >= 11 is 6.25. The van der Waals surface area contributed by atoms with Crippen molar-refractivity contribution in [1.82, 2.24) is 5.32 Å². The highest BCUT2D eigenvalue weighted by Crippen LogP contribution is 2.31. The monoisotopic (exact) mass is 265 g/mol. The second-order valence-corrected chi connectivity index (χ2v) is 6.28. The minimum absolute atomic E-state index is 0.337. The van der Waals surface area contributed by atoms with Gasteiger partial charge in [-0.3, -0.25) is 0 Å². The topological polar surface area (TPSA) is 12.0 Å². The first kappa shape index (κ1) is 13.9. The van der Waals surface area contributed by atoms with Crippen LogP contribution in [-0.2, 0) is 0 Å². The van der Waals surface area contributed by atoms with Crippen LogP contribution in [-0.4, -0.2) is 6.04 Å². The zero-order valence-electron chi connectivity index (χ0n) is 11.6. The van der Waals surface area contributed by atoms with E-state index in [2.05, 4.69) is 38.2 Å². The van der Waals surface area contributed by atoms with Gasteiger partial charge < -0.3 is 5.32 Å². The highest BCUT2D eigenvalue weighted by molar-refractivity contribution is 6.31. The van der Waals surface area contributed by atoms with Gasteiger partial charge in [-0.2, -0.15) is 0 Å². The van der Waals surface area contributed by atoms with Crippen LogP contribution >= 0.6 is 11.6 Å². The molecule has 100 valence electrons. The van der Waals surface area contributed by atoms with Crippen molar-refractivity contribution >= 4 is 11.6 Å². The predicted octanol–water partition coefficient (Wildman–Crippen LogP) is 4.82. The van der Waals surface area contributed by atoms with Crippen LogP contribution in [0.25, 0.3) is 0 Å². The molecule has 1 aliphatic carbocycles. The normalized spacial score (nSPS) is 30.1. The van der Waals surface area contributed by atoms with Gasteiger partial charge in [0.15, 0.2) is 0 Å². The van der Waals surface area contributed by atoms with Crippen LogP contribution in [0, 0.1) is 11.8 Å². The summed E-state index contributed by atoms with van der Waals surface area (Å²) in [4.78, 5) is 0. The van der Waals surface area contributed by atoms with Gasteiger partial charge in [0.25, 0.3) is 0 Å². The van der Waals surface area contributed by atoms with Crippen molar-refractivity contribution in [3.63, 3.8) is 0 Å². The summed E-state index contributed by atoms with van der Waals surface area (Å²) in [5.41, 5.74) is 1.21. The number of halogens is 1. The molecule has 1 aliphatic rings. The lowest BCUT2D eigenvalue weighted by Gasteiger charge is -2.34. The number of rotatable bonds is 3. The number of hydrogen-bond acceptors (Lipinski definition) is 1. The third kappa shape index (κ3) is 3.27. The van der Waals surface area contributed by atoms with Gasteiger partial charge in [0.05, 0.1) is 0 Å². The van der Waals surface area contributed by atoms with Gasteiger partial charge in [-0.15, -0.1) is 0 Å². The third-order valence-electron chi connectivity index (χ3n) is 4.46. The molecule has 1 aromatic rings. The molecule has 0 amide bonds. The average molecular weight is 266 g/mol. The molecule has 0 spiro atoms. The molecule has 1 aromatic carbocycles. The molecule has 2 rings (SSSR count). The highest BCUT2D eigenvalue weighted by atomic mass is 35.5. The van der Waals surface area contributed by atoms with E-state index < -0.39 is 0 Å². The summed E-state index contributed by atoms with van der Waals surface area (Å²) in [5.74, 6) is 1.70. The Morgan fingerprint density at radius 1 is 1.17 bits per heavy atom. The Balaban J connectivity index is 1.96. The smallest absolute Gasteiger partial charge is 0.0453 e. The Hall–Kier alpha value is -0.530. The first-order valence-electron chi connectivity index (χ1n) is 7.08. The summed E-state index contributed by atoms with van der Waals surface area (Å²) in [6, 6.07) is 9.12. The summed E-state index contributed by atoms with van der Waals surface area (Å²) < 4.78 is 0. The fraction of sp³-hybridized carbons (Fsp3) is 0.625. The predicted molar refractivity (Wildman–Crippen MR) is 79.0 cm³/mol. The Morgan fingerprint density at radius 2 is 1.89 bits per heavy atom. The molecule has 1 nitrogen and oxygen atoms in total. The van der Waals surface area contributed by atoms with Gasteiger partial charge in [0, 0.05) is 17.1 Å². The molecule has 0 aromatic heterocycles. The van der Waals surface area contributed by atoms with Gasteiger partial charge in [-0.25, -0.2) is 0 Å². The third-order valence-corrected chi connectivity index (χ3v) is 4.80. The molecule has 1 fully saturated rings. The zero-order chi connectivity index (χ0) is 13.1. The number of benzene rings is 1. The van der Waals surface area contributed by atoms with Crippen molar-refractivity contribution in [3.05, 3.63) is 34.9 Å². The second-order valence-electron chi connectivity index (χ2n) is 5.87. The van der Waals surface area contributed by atoms with Gasteiger partial charge in [0.2, 0.25) is 0 Å². The number of hydrogen-bond donors (Lipinski definition) is 1. The number of nitrogens with one attached hydrogen (secondary N) is 1. The van der Waals surface area contributed by atoms with Crippen molar-refractivity contribution < 1.29 is 0 Å². The lowest BCUT2D eigenvalue weighted by molar-refractivity contribution is 0.217. The summed E-state index contributed by atoms with van der Waals surface area (Å²) in [7, 11) is 0. The van der Waals surface area contributed by atoms with Crippen LogP contribution in [0.1, 0.15) is 51.6 Å². The lowest BCUT2D eigenvalue weighted by Crippen LogP contribution is -2.37. The van der Waals surface area contributed by atoms with Gasteiger partial charge in [-0.05, 0) is 49.7 Å². The van der Waals surface area contributed by atoms with Crippen molar-refractivity contribution in [2.75, 3.05) is 0 Å². The fourth-order valence-electron chi connectivity index (χ4n) is 2.97. The van der Waals surface area contributed by atoms with Crippen LogP contribution in [0.4, 0.5) is 0 Å². The zero-order valence-corrected chi connectivity index (χ0v) is 12.4. The van der Waals surface area contributed by atoms with Crippen LogP contribution in [0.15, 0.2) is 24.3 Å². The largest absolute Gasteiger partial charge is 0.307 e. The summed E-state index contributed by atoms with van der Waals surface area (Å²) in [6.07, 6.45) is 3.92. The van der Waals surface area contributed by atoms with E-state index in [1.807, 2.05) is 12.1 Å². The van der Waals surface area contributed by atoms with E-state index in [-0.39, 0.29) is 0 Å². The van der Waals surface area contributed by atoms with Gasteiger partial charge in [-0.1, -0.05) is 43.6 Å². The maximum Gasteiger partial charge on any atom is 0.0453 e. The van der Waals surface area contributed by atoms with E-state index in [1.54, 1.807) is 0 Å². The van der Waals surface area contributed by atoms with Gasteiger partial charge in [0.1, 0.15) is 0 Å². The molecule has 0 radical (unpaired) electrons. The first-order chi connectivity index (χ1) is 8.58. The Morgan fingerprint density at radius 3 is 2.56 bits per heavy atom. The SMILES string of the molecule is CC(NC1CCC(C)C(C)C1)c1ccccc1Cl. The molecule has 2 heteroatoms. The fourth-order valence-corrected chi connectivity index (χ4v) is 3.27. The van der Waals surface area contributed by atoms with E-state index in [4.69, 9.17) is 11.6 Å².